The van der Waals surface area contributed by atoms with Crippen LogP contribution in [-0.2, 0) is 14.3 Å². The van der Waals surface area contributed by atoms with Crippen LogP contribution < -0.4 is 4.90 Å². The first kappa shape index (κ1) is 31.1. The van der Waals surface area contributed by atoms with E-state index in [1.54, 1.807) is 17.9 Å². The van der Waals surface area contributed by atoms with Crippen LogP contribution in [0.15, 0.2) is 84.9 Å². The second-order valence-electron chi connectivity index (χ2n) is 12.5. The van der Waals surface area contributed by atoms with Gasteiger partial charge in [-0.2, -0.15) is 0 Å². The maximum Gasteiger partial charge on any atom is 0.410 e. The van der Waals surface area contributed by atoms with Gasteiger partial charge >= 0.3 is 12.1 Å². The summed E-state index contributed by atoms with van der Waals surface area (Å²) in [4.78, 5) is 28.5. The van der Waals surface area contributed by atoms with Crippen LogP contribution in [-0.4, -0.2) is 55.3 Å². The molecule has 1 saturated heterocycles. The topological polar surface area (TPSA) is 59.1 Å². The highest BCUT2D eigenvalue weighted by Gasteiger charge is 2.28. The van der Waals surface area contributed by atoms with Crippen LogP contribution in [0.1, 0.15) is 69.2 Å². The van der Waals surface area contributed by atoms with Gasteiger partial charge in [0.05, 0.1) is 6.61 Å². The molecule has 0 bridgehead atoms. The fourth-order valence-electron chi connectivity index (χ4n) is 5.80. The summed E-state index contributed by atoms with van der Waals surface area (Å²) in [6, 6.07) is 28.1. The Morgan fingerprint density at radius 1 is 0.818 bits per heavy atom. The van der Waals surface area contributed by atoms with Crippen molar-refractivity contribution in [2.75, 3.05) is 37.7 Å². The van der Waals surface area contributed by atoms with Gasteiger partial charge in [-0.25, -0.2) is 9.59 Å². The average molecular weight is 593 g/mol. The number of hydrogen-bond acceptors (Lipinski definition) is 5. The molecule has 0 N–H and O–H groups in total. The van der Waals surface area contributed by atoms with Gasteiger partial charge in [0.2, 0.25) is 0 Å². The second-order valence-corrected chi connectivity index (χ2v) is 12.5. The first-order valence-corrected chi connectivity index (χ1v) is 15.8. The van der Waals surface area contributed by atoms with Crippen molar-refractivity contribution in [3.05, 3.63) is 107 Å². The number of nitrogens with zero attached hydrogens (tertiary/aromatic N) is 2. The van der Waals surface area contributed by atoms with Crippen LogP contribution in [0.2, 0.25) is 0 Å². The lowest BCUT2D eigenvalue weighted by molar-refractivity contribution is -0.137. The summed E-state index contributed by atoms with van der Waals surface area (Å²) in [6.07, 6.45) is 6.66. The third kappa shape index (κ3) is 7.79. The van der Waals surface area contributed by atoms with Crippen LogP contribution in [0.3, 0.4) is 0 Å². The van der Waals surface area contributed by atoms with Gasteiger partial charge in [-0.3, -0.25) is 0 Å². The quantitative estimate of drug-likeness (QED) is 0.150. The van der Waals surface area contributed by atoms with E-state index in [1.165, 1.54) is 47.6 Å². The van der Waals surface area contributed by atoms with Crippen molar-refractivity contribution in [1.82, 2.24) is 4.90 Å². The summed E-state index contributed by atoms with van der Waals surface area (Å²) in [6.45, 7) is 10.7. The first-order valence-electron chi connectivity index (χ1n) is 15.8. The summed E-state index contributed by atoms with van der Waals surface area (Å²) >= 11 is 0. The number of piperazine rings is 1. The molecule has 1 amide bonds. The Bertz CT molecular complexity index is 1470. The Hall–Kier alpha value is -4.32. The van der Waals surface area contributed by atoms with Crippen LogP contribution >= 0.6 is 0 Å². The lowest BCUT2D eigenvalue weighted by Gasteiger charge is -2.37. The number of benzene rings is 3. The summed E-state index contributed by atoms with van der Waals surface area (Å²) in [7, 11) is 0. The van der Waals surface area contributed by atoms with Gasteiger partial charge in [0, 0.05) is 37.9 Å². The standard InChI is InChI=1S/C38H44N2O4/c1-5-43-34(41)23-16-28-14-17-31(18-15-28)36(35(30-12-9-13-30)29-10-7-6-8-11-29)32-19-21-33(22-20-32)39-24-26-40(27-25-39)37(42)44-38(2,3)4/h6-8,10-11,14-23,30H,5,9,12-13,24-27H2,1-4H3. The van der Waals surface area contributed by atoms with E-state index in [0.717, 1.165) is 29.9 Å². The molecule has 6 nitrogen and oxygen atoms in total. The third-order valence-electron chi connectivity index (χ3n) is 8.22. The molecule has 1 aliphatic carbocycles. The molecule has 1 aliphatic heterocycles. The smallest absolute Gasteiger partial charge is 0.410 e. The number of ether oxygens (including phenoxy) is 2. The van der Waals surface area contributed by atoms with Crippen LogP contribution in [0, 0.1) is 5.92 Å². The van der Waals surface area contributed by atoms with Crippen molar-refractivity contribution in [3.8, 4) is 0 Å². The van der Waals surface area contributed by atoms with E-state index < -0.39 is 5.60 Å². The predicted molar refractivity (Wildman–Crippen MR) is 178 cm³/mol. The molecule has 6 heteroatoms. The maximum atomic E-state index is 12.5. The van der Waals surface area contributed by atoms with E-state index in [-0.39, 0.29) is 12.1 Å². The van der Waals surface area contributed by atoms with Gasteiger partial charge < -0.3 is 19.3 Å². The zero-order chi connectivity index (χ0) is 31.1. The second kappa shape index (κ2) is 14.0. The van der Waals surface area contributed by atoms with E-state index in [4.69, 9.17) is 9.47 Å². The molecule has 3 aromatic carbocycles. The highest BCUT2D eigenvalue weighted by molar-refractivity contribution is 6.00. The lowest BCUT2D eigenvalue weighted by Crippen LogP contribution is -2.50. The molecule has 0 unspecified atom stereocenters. The molecular weight excluding hydrogens is 548 g/mol. The van der Waals surface area contributed by atoms with E-state index in [9.17, 15) is 9.59 Å². The number of carbonyl (C=O) groups excluding carboxylic acids is 2. The normalized spacial score (nSPS) is 16.4. The highest BCUT2D eigenvalue weighted by atomic mass is 16.6. The number of allylic oxidation sites excluding steroid dienone is 1. The molecule has 0 spiro atoms. The van der Waals surface area contributed by atoms with Crippen molar-refractivity contribution >= 4 is 35.0 Å². The van der Waals surface area contributed by atoms with Crippen LogP contribution in [0.25, 0.3) is 17.2 Å². The van der Waals surface area contributed by atoms with E-state index >= 15 is 0 Å². The van der Waals surface area contributed by atoms with Crippen LogP contribution in [0.4, 0.5) is 10.5 Å². The number of anilines is 1. The van der Waals surface area contributed by atoms with Gasteiger partial charge in [-0.05, 0) is 98.1 Å². The van der Waals surface area contributed by atoms with E-state index in [2.05, 4.69) is 83.8 Å². The summed E-state index contributed by atoms with van der Waals surface area (Å²) in [5, 5.41) is 0. The Balaban J connectivity index is 1.43. The lowest BCUT2D eigenvalue weighted by atomic mass is 9.73. The molecule has 0 aromatic heterocycles. The molecule has 0 atom stereocenters. The molecular formula is C38H44N2O4. The average Bonchev–Trinajstić information content (AvgIpc) is 2.99. The van der Waals surface area contributed by atoms with E-state index in [0.29, 0.717) is 25.6 Å². The molecule has 3 aromatic rings. The monoisotopic (exact) mass is 592 g/mol. The maximum absolute atomic E-state index is 12.5. The Morgan fingerprint density at radius 3 is 1.98 bits per heavy atom. The zero-order valence-electron chi connectivity index (χ0n) is 26.4. The third-order valence-corrected chi connectivity index (χ3v) is 8.22. The van der Waals surface area contributed by atoms with Crippen molar-refractivity contribution in [2.24, 2.45) is 5.92 Å². The van der Waals surface area contributed by atoms with Crippen molar-refractivity contribution < 1.29 is 19.1 Å². The molecule has 1 heterocycles. The molecule has 230 valence electrons. The van der Waals surface area contributed by atoms with Crippen LogP contribution in [0.5, 0.6) is 0 Å². The number of rotatable bonds is 8. The molecule has 1 saturated carbocycles. The number of hydrogen-bond donors (Lipinski definition) is 0. The Labute approximate surface area is 262 Å². The van der Waals surface area contributed by atoms with Crippen molar-refractivity contribution in [2.45, 2.75) is 52.6 Å². The predicted octanol–water partition coefficient (Wildman–Crippen LogP) is 8.08. The van der Waals surface area contributed by atoms with Gasteiger partial charge in [0.1, 0.15) is 5.60 Å². The van der Waals surface area contributed by atoms with Crippen molar-refractivity contribution in [1.29, 1.82) is 0 Å². The van der Waals surface area contributed by atoms with Gasteiger partial charge in [-0.1, -0.05) is 73.2 Å². The highest BCUT2D eigenvalue weighted by Crippen LogP contribution is 2.45. The Kier molecular flexibility index (Phi) is 9.89. The SMILES string of the molecule is CCOC(=O)C=Cc1ccc(C(=C(c2ccccc2)C2CCC2)c2ccc(N3CCN(C(=O)OC(C)(C)C)CC3)cc2)cc1. The zero-order valence-corrected chi connectivity index (χ0v) is 26.4. The minimum Gasteiger partial charge on any atom is -0.463 e. The fraction of sp³-hybridized carbons (Fsp3) is 0.368. The van der Waals surface area contributed by atoms with Gasteiger partial charge in [0.25, 0.3) is 0 Å². The minimum atomic E-state index is -0.493. The minimum absolute atomic E-state index is 0.242. The number of esters is 1. The first-order chi connectivity index (χ1) is 21.2. The largest absolute Gasteiger partial charge is 0.463 e. The van der Waals surface area contributed by atoms with Gasteiger partial charge in [-0.15, -0.1) is 0 Å². The summed E-state index contributed by atoms with van der Waals surface area (Å²) < 4.78 is 10.6. The van der Waals surface area contributed by atoms with Crippen molar-refractivity contribution in [3.63, 3.8) is 0 Å². The molecule has 2 fully saturated rings. The molecule has 5 rings (SSSR count). The Morgan fingerprint density at radius 2 is 1.43 bits per heavy atom. The molecule has 0 radical (unpaired) electrons. The molecule has 2 aliphatic rings. The molecule has 44 heavy (non-hydrogen) atoms. The van der Waals surface area contributed by atoms with Gasteiger partial charge in [0.15, 0.2) is 0 Å². The fourth-order valence-corrected chi connectivity index (χ4v) is 5.80. The summed E-state index contributed by atoms with van der Waals surface area (Å²) in [5.74, 6) is 0.177. The summed E-state index contributed by atoms with van der Waals surface area (Å²) in [5.41, 5.74) is 7.86. The van der Waals surface area contributed by atoms with E-state index in [1.807, 2.05) is 20.8 Å². The number of carbonyl (C=O) groups is 2. The number of amides is 1.